The molecule has 2 aromatic carbocycles. The van der Waals surface area contributed by atoms with E-state index in [9.17, 15) is 22.8 Å². The molecule has 6 rings (SSSR count). The van der Waals surface area contributed by atoms with E-state index in [0.717, 1.165) is 24.0 Å². The third-order valence-electron chi connectivity index (χ3n) is 8.91. The number of Topliss-reactive ketones (excluding diaryl/α,β-unsaturated/α-hetero) is 1. The van der Waals surface area contributed by atoms with Gasteiger partial charge < -0.3 is 19.1 Å². The molecule has 2 saturated heterocycles. The number of pyridine rings is 1. The van der Waals surface area contributed by atoms with Crippen molar-refractivity contribution in [3.63, 3.8) is 0 Å². The van der Waals surface area contributed by atoms with Crippen LogP contribution in [0.25, 0.3) is 0 Å². The number of hydrogen-bond acceptors (Lipinski definition) is 7. The lowest BCUT2D eigenvalue weighted by Crippen LogP contribution is -2.49. The number of rotatable bonds is 8. The summed E-state index contributed by atoms with van der Waals surface area (Å²) in [6, 6.07) is 21.2. The Hall–Kier alpha value is -4.67. The molecule has 0 radical (unpaired) electrons. The second-order valence-electron chi connectivity index (χ2n) is 11.9. The van der Waals surface area contributed by atoms with Gasteiger partial charge in [-0.15, -0.1) is 0 Å². The first kappa shape index (κ1) is 31.3. The second kappa shape index (κ2) is 13.4. The van der Waals surface area contributed by atoms with E-state index in [-0.39, 0.29) is 18.3 Å². The van der Waals surface area contributed by atoms with E-state index in [0.29, 0.717) is 63.0 Å². The molecule has 46 heavy (non-hydrogen) atoms. The summed E-state index contributed by atoms with van der Waals surface area (Å²) in [7, 11) is 0. The van der Waals surface area contributed by atoms with E-state index in [1.54, 1.807) is 17.0 Å². The van der Waals surface area contributed by atoms with Gasteiger partial charge in [-0.25, -0.2) is 4.98 Å². The maximum atomic E-state index is 13.9. The van der Waals surface area contributed by atoms with E-state index in [2.05, 4.69) is 27.0 Å². The number of carbonyl (C=O) groups is 2. The molecule has 2 aliphatic rings. The summed E-state index contributed by atoms with van der Waals surface area (Å²) in [5.41, 5.74) is 2.49. The van der Waals surface area contributed by atoms with Gasteiger partial charge in [0.05, 0.1) is 6.42 Å². The number of carbonyl (C=O) groups excluding carboxylic acids is 2. The van der Waals surface area contributed by atoms with Crippen molar-refractivity contribution in [2.45, 2.75) is 44.7 Å². The second-order valence-corrected chi connectivity index (χ2v) is 11.9. The van der Waals surface area contributed by atoms with E-state index in [1.807, 2.05) is 54.3 Å². The van der Waals surface area contributed by atoms with Crippen LogP contribution in [0.5, 0.6) is 0 Å². The monoisotopic (exact) mass is 631 g/mol. The minimum absolute atomic E-state index is 0.0845. The summed E-state index contributed by atoms with van der Waals surface area (Å²) < 4.78 is 47.3. The molecule has 0 saturated carbocycles. The normalized spacial score (nSPS) is 16.1. The Balaban J connectivity index is 1.06. The number of halogens is 3. The summed E-state index contributed by atoms with van der Waals surface area (Å²) in [6.07, 6.45) is -1.78. The van der Waals surface area contributed by atoms with Gasteiger partial charge in [-0.2, -0.15) is 18.2 Å². The number of alkyl halides is 3. The molecule has 0 atom stereocenters. The summed E-state index contributed by atoms with van der Waals surface area (Å²) in [6.45, 7) is 5.27. The Morgan fingerprint density at radius 1 is 0.848 bits per heavy atom. The summed E-state index contributed by atoms with van der Waals surface area (Å²) in [5, 5.41) is 0. The zero-order valence-electron chi connectivity index (χ0n) is 25.7. The molecule has 2 aliphatic heterocycles. The number of ketones is 1. The first-order valence-electron chi connectivity index (χ1n) is 15.6. The van der Waals surface area contributed by atoms with Gasteiger partial charge in [0.25, 0.3) is 6.01 Å². The summed E-state index contributed by atoms with van der Waals surface area (Å²) in [4.78, 5) is 39.8. The highest BCUT2D eigenvalue weighted by Gasteiger charge is 2.42. The van der Waals surface area contributed by atoms with E-state index < -0.39 is 23.4 Å². The summed E-state index contributed by atoms with van der Waals surface area (Å²) >= 11 is 0. The van der Waals surface area contributed by atoms with Crippen LogP contribution in [-0.4, -0.2) is 65.8 Å². The number of nitrogens with zero attached hydrogens (tertiary/aromatic N) is 5. The van der Waals surface area contributed by atoms with Crippen molar-refractivity contribution in [3.8, 4) is 0 Å². The topological polar surface area (TPSA) is 82.8 Å². The average molecular weight is 632 g/mol. The fourth-order valence-electron chi connectivity index (χ4n) is 6.20. The Morgan fingerprint density at radius 3 is 2.20 bits per heavy atom. The molecule has 8 nitrogen and oxygen atoms in total. The van der Waals surface area contributed by atoms with Crippen molar-refractivity contribution in [3.05, 3.63) is 107 Å². The molecule has 240 valence electrons. The highest BCUT2D eigenvalue weighted by molar-refractivity contribution is 5.96. The fraction of sp³-hybridized carbons (Fsp3) is 0.371. The quantitative estimate of drug-likeness (QED) is 0.218. The minimum atomic E-state index is -4.83. The van der Waals surface area contributed by atoms with Gasteiger partial charge in [-0.3, -0.25) is 9.59 Å². The Bertz CT molecular complexity index is 1660. The molecule has 1 amide bonds. The number of piperazine rings is 1. The van der Waals surface area contributed by atoms with E-state index in [1.165, 1.54) is 11.8 Å². The van der Waals surface area contributed by atoms with Crippen LogP contribution in [-0.2, 0) is 23.8 Å². The van der Waals surface area contributed by atoms with Crippen LogP contribution in [0.2, 0.25) is 0 Å². The summed E-state index contributed by atoms with van der Waals surface area (Å²) in [5.74, 6) is -0.509. The van der Waals surface area contributed by atoms with Gasteiger partial charge >= 0.3 is 6.18 Å². The minimum Gasteiger partial charge on any atom is -0.420 e. The molecule has 2 fully saturated rings. The number of hydrogen-bond donors (Lipinski definition) is 0. The number of amides is 1. The van der Waals surface area contributed by atoms with Gasteiger partial charge in [0.15, 0.2) is 5.69 Å². The highest BCUT2D eigenvalue weighted by atomic mass is 19.4. The standard InChI is InChI=1S/C35H36F3N5O3/c1-24-7-5-6-10-28(24)22-31(45)42-19-17-41(18-20-42)30-12-11-25(23-39-30)21-29(44)32-33(35(36,37)38)40-34(46-32)43-15-13-27(14-16-43)26-8-3-2-4-9-26/h2-12,23,27H,13-22H2,1H3. The van der Waals surface area contributed by atoms with Crippen LogP contribution in [0.4, 0.5) is 25.0 Å². The molecule has 2 aromatic heterocycles. The van der Waals surface area contributed by atoms with Crippen LogP contribution >= 0.6 is 0 Å². The van der Waals surface area contributed by atoms with Crippen molar-refractivity contribution in [2.75, 3.05) is 49.1 Å². The van der Waals surface area contributed by atoms with E-state index >= 15 is 0 Å². The Morgan fingerprint density at radius 2 is 1.54 bits per heavy atom. The first-order valence-corrected chi connectivity index (χ1v) is 15.6. The van der Waals surface area contributed by atoms with Gasteiger partial charge in [0.1, 0.15) is 5.82 Å². The van der Waals surface area contributed by atoms with Crippen LogP contribution < -0.4 is 9.80 Å². The Kier molecular flexibility index (Phi) is 9.10. The number of aryl methyl sites for hydroxylation is 1. The van der Waals surface area contributed by atoms with Crippen molar-refractivity contribution in [1.29, 1.82) is 0 Å². The predicted octanol–water partition coefficient (Wildman–Crippen LogP) is 6.10. The molecule has 4 aromatic rings. The number of oxazole rings is 1. The average Bonchev–Trinajstić information content (AvgIpc) is 3.54. The number of aromatic nitrogens is 2. The van der Waals surface area contributed by atoms with Gasteiger partial charge in [-0.05, 0) is 54.0 Å². The fourth-order valence-corrected chi connectivity index (χ4v) is 6.20. The third kappa shape index (κ3) is 7.08. The molecule has 0 unspecified atom stereocenters. The molecule has 4 heterocycles. The lowest BCUT2D eigenvalue weighted by Gasteiger charge is -2.35. The number of piperidine rings is 1. The maximum Gasteiger partial charge on any atom is 0.437 e. The molecule has 0 N–H and O–H groups in total. The van der Waals surface area contributed by atoms with Crippen LogP contribution in [0.15, 0.2) is 77.3 Å². The zero-order valence-corrected chi connectivity index (χ0v) is 25.7. The largest absolute Gasteiger partial charge is 0.437 e. The van der Waals surface area contributed by atoms with E-state index in [4.69, 9.17) is 4.42 Å². The highest BCUT2D eigenvalue weighted by Crippen LogP contribution is 2.36. The predicted molar refractivity (Wildman–Crippen MR) is 168 cm³/mol. The molecule has 0 bridgehead atoms. The zero-order chi connectivity index (χ0) is 32.3. The smallest absolute Gasteiger partial charge is 0.420 e. The molecular formula is C35H36F3N5O3. The Labute approximate surface area is 265 Å². The third-order valence-corrected chi connectivity index (χ3v) is 8.91. The lowest BCUT2D eigenvalue weighted by atomic mass is 9.90. The lowest BCUT2D eigenvalue weighted by molar-refractivity contribution is -0.141. The van der Waals surface area contributed by atoms with Crippen molar-refractivity contribution < 1.29 is 27.2 Å². The molecular weight excluding hydrogens is 595 g/mol. The molecule has 11 heteroatoms. The number of benzene rings is 2. The van der Waals surface area contributed by atoms with Gasteiger partial charge in [0.2, 0.25) is 17.5 Å². The SMILES string of the molecule is Cc1ccccc1CC(=O)N1CCN(c2ccc(CC(=O)c3oc(N4CCC(c5ccccc5)CC4)nc3C(F)(F)F)cn2)CC1. The molecule has 0 aliphatic carbocycles. The van der Waals surface area contributed by atoms with Crippen LogP contribution in [0, 0.1) is 6.92 Å². The van der Waals surface area contributed by atoms with Crippen LogP contribution in [0.3, 0.4) is 0 Å². The van der Waals surface area contributed by atoms with Crippen molar-refractivity contribution in [2.24, 2.45) is 0 Å². The number of anilines is 2. The maximum absolute atomic E-state index is 13.9. The van der Waals surface area contributed by atoms with Gasteiger partial charge in [0, 0.05) is 51.9 Å². The first-order chi connectivity index (χ1) is 22.2. The van der Waals surface area contributed by atoms with Gasteiger partial charge in [-0.1, -0.05) is 60.7 Å². The molecule has 0 spiro atoms. The van der Waals surface area contributed by atoms with Crippen molar-refractivity contribution in [1.82, 2.24) is 14.9 Å². The van der Waals surface area contributed by atoms with Crippen LogP contribution in [0.1, 0.15) is 57.3 Å². The van der Waals surface area contributed by atoms with Crippen molar-refractivity contribution >= 4 is 23.5 Å².